The third-order valence-electron chi connectivity index (χ3n) is 5.78. The lowest BCUT2D eigenvalue weighted by atomic mass is 10.2. The normalized spacial score (nSPS) is 15.3. The highest BCUT2D eigenvalue weighted by Crippen LogP contribution is 2.36. The second-order valence-electron chi connectivity index (χ2n) is 8.26. The zero-order chi connectivity index (χ0) is 24.5. The standard InChI is InChI=1S/C24H26ClN3O4S2/c1-18-6-10-20(11-7-18)33(29,30)26-23-5-3-4-22(25)24(23)27-14-16-28(17-15-27)34(31,32)21-12-8-19(2)9-13-21/h3-13,26H,14-17H2,1-2H3. The number of hydrogen-bond donors (Lipinski definition) is 1. The van der Waals surface area contributed by atoms with Gasteiger partial charge in [-0.2, -0.15) is 4.31 Å². The first-order chi connectivity index (χ1) is 16.1. The molecule has 0 saturated carbocycles. The first-order valence-electron chi connectivity index (χ1n) is 10.8. The fourth-order valence-corrected chi connectivity index (χ4v) is 6.63. The molecule has 0 unspecified atom stereocenters. The van der Waals surface area contributed by atoms with Crippen LogP contribution in [0.1, 0.15) is 11.1 Å². The summed E-state index contributed by atoms with van der Waals surface area (Å²) in [6, 6.07) is 18.4. The Morgan fingerprint density at radius 1 is 0.735 bits per heavy atom. The molecule has 4 rings (SSSR count). The van der Waals surface area contributed by atoms with E-state index in [2.05, 4.69) is 4.72 Å². The number of para-hydroxylation sites is 1. The van der Waals surface area contributed by atoms with Crippen molar-refractivity contribution in [2.75, 3.05) is 35.8 Å². The van der Waals surface area contributed by atoms with Crippen LogP contribution in [-0.4, -0.2) is 47.3 Å². The first kappa shape index (κ1) is 24.5. The predicted molar refractivity (Wildman–Crippen MR) is 136 cm³/mol. The van der Waals surface area contributed by atoms with E-state index in [1.165, 1.54) is 4.31 Å². The Morgan fingerprint density at radius 3 is 1.82 bits per heavy atom. The van der Waals surface area contributed by atoms with Crippen LogP contribution in [-0.2, 0) is 20.0 Å². The summed E-state index contributed by atoms with van der Waals surface area (Å²) < 4.78 is 56.1. The summed E-state index contributed by atoms with van der Waals surface area (Å²) in [4.78, 5) is 2.32. The molecule has 34 heavy (non-hydrogen) atoms. The van der Waals surface area contributed by atoms with Gasteiger partial charge in [-0.15, -0.1) is 0 Å². The van der Waals surface area contributed by atoms with Gasteiger partial charge in [-0.3, -0.25) is 4.72 Å². The fraction of sp³-hybridized carbons (Fsp3) is 0.250. The van der Waals surface area contributed by atoms with Crippen molar-refractivity contribution in [2.45, 2.75) is 23.6 Å². The third kappa shape index (κ3) is 5.07. The zero-order valence-corrected chi connectivity index (χ0v) is 21.3. The molecule has 3 aromatic rings. The Bertz CT molecular complexity index is 1380. The first-order valence-corrected chi connectivity index (χ1v) is 14.1. The topological polar surface area (TPSA) is 86.8 Å². The lowest BCUT2D eigenvalue weighted by Gasteiger charge is -2.36. The maximum absolute atomic E-state index is 13.0. The largest absolute Gasteiger partial charge is 0.366 e. The second-order valence-corrected chi connectivity index (χ2v) is 12.3. The Morgan fingerprint density at radius 2 is 1.26 bits per heavy atom. The van der Waals surface area contributed by atoms with Crippen LogP contribution in [0.3, 0.4) is 0 Å². The highest BCUT2D eigenvalue weighted by atomic mass is 35.5. The van der Waals surface area contributed by atoms with Gasteiger partial charge in [0.25, 0.3) is 10.0 Å². The van der Waals surface area contributed by atoms with Crippen molar-refractivity contribution in [3.05, 3.63) is 82.9 Å². The van der Waals surface area contributed by atoms with Gasteiger partial charge in [-0.05, 0) is 50.2 Å². The number of nitrogens with zero attached hydrogens (tertiary/aromatic N) is 2. The maximum atomic E-state index is 13.0. The molecule has 10 heteroatoms. The van der Waals surface area contributed by atoms with Gasteiger partial charge in [-0.1, -0.05) is 53.1 Å². The predicted octanol–water partition coefficient (Wildman–Crippen LogP) is 4.27. The number of anilines is 2. The van der Waals surface area contributed by atoms with E-state index in [1.54, 1.807) is 66.7 Å². The van der Waals surface area contributed by atoms with E-state index in [1.807, 2.05) is 18.7 Å². The Kier molecular flexibility index (Phi) is 6.91. The van der Waals surface area contributed by atoms with E-state index in [0.29, 0.717) is 29.5 Å². The van der Waals surface area contributed by atoms with Gasteiger partial charge >= 0.3 is 0 Å². The summed E-state index contributed by atoms with van der Waals surface area (Å²) in [5, 5.41) is 0.388. The van der Waals surface area contributed by atoms with Crippen LogP contribution in [0.2, 0.25) is 5.02 Å². The Balaban J connectivity index is 1.55. The van der Waals surface area contributed by atoms with E-state index < -0.39 is 20.0 Å². The quantitative estimate of drug-likeness (QED) is 0.525. The zero-order valence-electron chi connectivity index (χ0n) is 18.9. The maximum Gasteiger partial charge on any atom is 0.261 e. The average Bonchev–Trinajstić information content (AvgIpc) is 2.80. The van der Waals surface area contributed by atoms with Crippen molar-refractivity contribution in [1.82, 2.24) is 4.31 Å². The molecule has 180 valence electrons. The molecule has 3 aromatic carbocycles. The molecule has 1 aliphatic rings. The number of halogens is 1. The molecule has 7 nitrogen and oxygen atoms in total. The van der Waals surface area contributed by atoms with Crippen LogP contribution >= 0.6 is 11.6 Å². The smallest absolute Gasteiger partial charge is 0.261 e. The van der Waals surface area contributed by atoms with Crippen LogP contribution in [0.4, 0.5) is 11.4 Å². The molecule has 0 aromatic heterocycles. The van der Waals surface area contributed by atoms with Crippen molar-refractivity contribution >= 4 is 43.0 Å². The number of piperazine rings is 1. The SMILES string of the molecule is Cc1ccc(S(=O)(=O)Nc2cccc(Cl)c2N2CCN(S(=O)(=O)c3ccc(C)cc3)CC2)cc1. The molecule has 0 aliphatic carbocycles. The summed E-state index contributed by atoms with van der Waals surface area (Å²) in [7, 11) is -7.43. The highest BCUT2D eigenvalue weighted by molar-refractivity contribution is 7.92. The monoisotopic (exact) mass is 519 g/mol. The van der Waals surface area contributed by atoms with Crippen molar-refractivity contribution in [3.63, 3.8) is 0 Å². The van der Waals surface area contributed by atoms with E-state index in [9.17, 15) is 16.8 Å². The average molecular weight is 520 g/mol. The molecule has 1 saturated heterocycles. The molecule has 1 aliphatic heterocycles. The molecule has 1 heterocycles. The minimum atomic E-state index is -3.82. The summed E-state index contributed by atoms with van der Waals surface area (Å²) in [6.45, 7) is 5.04. The molecular weight excluding hydrogens is 494 g/mol. The fourth-order valence-electron chi connectivity index (χ4n) is 3.85. The van der Waals surface area contributed by atoms with Crippen molar-refractivity contribution in [1.29, 1.82) is 0 Å². The number of hydrogen-bond acceptors (Lipinski definition) is 5. The van der Waals surface area contributed by atoms with Gasteiger partial charge in [0.1, 0.15) is 0 Å². The van der Waals surface area contributed by atoms with Gasteiger partial charge < -0.3 is 4.90 Å². The minimum Gasteiger partial charge on any atom is -0.366 e. The number of aryl methyl sites for hydroxylation is 2. The van der Waals surface area contributed by atoms with Crippen LogP contribution in [0.25, 0.3) is 0 Å². The molecule has 0 atom stereocenters. The van der Waals surface area contributed by atoms with Gasteiger partial charge in [0.05, 0.1) is 26.2 Å². The van der Waals surface area contributed by atoms with Crippen molar-refractivity contribution in [3.8, 4) is 0 Å². The number of benzene rings is 3. The lowest BCUT2D eigenvalue weighted by Crippen LogP contribution is -2.49. The van der Waals surface area contributed by atoms with E-state index in [0.717, 1.165) is 11.1 Å². The molecule has 1 N–H and O–H groups in total. The van der Waals surface area contributed by atoms with Gasteiger partial charge in [0.15, 0.2) is 0 Å². The summed E-state index contributed by atoms with van der Waals surface area (Å²) >= 11 is 6.49. The van der Waals surface area contributed by atoms with Gasteiger partial charge in [-0.25, -0.2) is 16.8 Å². The summed E-state index contributed by atoms with van der Waals surface area (Å²) in [5.74, 6) is 0. The molecular formula is C24H26ClN3O4S2. The number of rotatable bonds is 6. The summed E-state index contributed by atoms with van der Waals surface area (Å²) in [6.07, 6.45) is 0. The van der Waals surface area contributed by atoms with E-state index >= 15 is 0 Å². The molecule has 0 spiro atoms. The second kappa shape index (κ2) is 9.58. The minimum absolute atomic E-state index is 0.151. The highest BCUT2D eigenvalue weighted by Gasteiger charge is 2.30. The summed E-state index contributed by atoms with van der Waals surface area (Å²) in [5.41, 5.74) is 2.83. The number of sulfonamides is 2. The van der Waals surface area contributed by atoms with Crippen molar-refractivity contribution < 1.29 is 16.8 Å². The Hall–Kier alpha value is -2.59. The van der Waals surface area contributed by atoms with Crippen LogP contribution in [0.15, 0.2) is 76.5 Å². The molecule has 0 bridgehead atoms. The molecule has 0 amide bonds. The van der Waals surface area contributed by atoms with Crippen LogP contribution in [0.5, 0.6) is 0 Å². The van der Waals surface area contributed by atoms with Crippen molar-refractivity contribution in [2.24, 2.45) is 0 Å². The molecule has 1 fully saturated rings. The van der Waals surface area contributed by atoms with E-state index in [4.69, 9.17) is 11.6 Å². The van der Waals surface area contributed by atoms with Gasteiger partial charge in [0, 0.05) is 26.2 Å². The van der Waals surface area contributed by atoms with Crippen LogP contribution < -0.4 is 9.62 Å². The van der Waals surface area contributed by atoms with E-state index in [-0.39, 0.29) is 22.9 Å². The van der Waals surface area contributed by atoms with Crippen LogP contribution in [0, 0.1) is 13.8 Å². The third-order valence-corrected chi connectivity index (χ3v) is 9.38. The lowest BCUT2D eigenvalue weighted by molar-refractivity contribution is 0.385. The number of nitrogens with one attached hydrogen (secondary N) is 1. The van der Waals surface area contributed by atoms with Gasteiger partial charge in [0.2, 0.25) is 10.0 Å². The Labute approximate surface area is 206 Å². The molecule has 0 radical (unpaired) electrons.